The van der Waals surface area contributed by atoms with Crippen LogP contribution in [0.25, 0.3) is 0 Å². The molecule has 0 aliphatic carbocycles. The van der Waals surface area contributed by atoms with Crippen molar-refractivity contribution in [2.75, 3.05) is 12.3 Å². The molecule has 0 spiro atoms. The third-order valence-electron chi connectivity index (χ3n) is 2.73. The zero-order chi connectivity index (χ0) is 12.8. The summed E-state index contributed by atoms with van der Waals surface area (Å²) in [4.78, 5) is 11.8. The fraction of sp³-hybridized carbons (Fsp3) is 0.500. The minimum absolute atomic E-state index is 0.314. The monoisotopic (exact) mass is 235 g/mol. The van der Waals surface area contributed by atoms with Gasteiger partial charge in [-0.05, 0) is 37.5 Å². The van der Waals surface area contributed by atoms with Crippen LogP contribution in [0, 0.1) is 13.8 Å². The molecule has 94 valence electrons. The number of rotatable bonds is 5. The Morgan fingerprint density at radius 3 is 2.65 bits per heavy atom. The van der Waals surface area contributed by atoms with Gasteiger partial charge in [0.1, 0.15) is 0 Å². The summed E-state index contributed by atoms with van der Waals surface area (Å²) in [5.41, 5.74) is 8.84. The molecule has 0 amide bonds. The molecule has 0 aliphatic rings. The van der Waals surface area contributed by atoms with E-state index in [2.05, 4.69) is 6.92 Å². The summed E-state index contributed by atoms with van der Waals surface area (Å²) in [5.74, 6) is -0.314. The molecule has 2 N–H and O–H groups in total. The number of benzene rings is 1. The molecular weight excluding hydrogens is 214 g/mol. The lowest BCUT2D eigenvalue weighted by Gasteiger charge is -2.10. The first-order chi connectivity index (χ1) is 8.06. The fourth-order valence-electron chi connectivity index (χ4n) is 1.74. The number of anilines is 1. The molecule has 0 heterocycles. The van der Waals surface area contributed by atoms with E-state index >= 15 is 0 Å². The van der Waals surface area contributed by atoms with E-state index in [1.807, 2.05) is 19.9 Å². The number of carbonyl (C=O) groups is 1. The third kappa shape index (κ3) is 3.77. The Kier molecular flexibility index (Phi) is 5.01. The Hall–Kier alpha value is -1.51. The minimum Gasteiger partial charge on any atom is -0.462 e. The second-order valence-corrected chi connectivity index (χ2v) is 4.39. The van der Waals surface area contributed by atoms with E-state index < -0.39 is 0 Å². The molecule has 1 rings (SSSR count). The van der Waals surface area contributed by atoms with E-state index in [1.54, 1.807) is 6.07 Å². The average molecular weight is 235 g/mol. The first-order valence-electron chi connectivity index (χ1n) is 6.10. The van der Waals surface area contributed by atoms with E-state index in [4.69, 9.17) is 10.5 Å². The number of nitrogen functional groups attached to an aromatic ring is 1. The van der Waals surface area contributed by atoms with Crippen molar-refractivity contribution in [1.29, 1.82) is 0 Å². The quantitative estimate of drug-likeness (QED) is 0.484. The molecule has 0 saturated carbocycles. The number of carbonyl (C=O) groups excluding carboxylic acids is 1. The van der Waals surface area contributed by atoms with Gasteiger partial charge in [-0.1, -0.05) is 25.8 Å². The normalized spacial score (nSPS) is 10.3. The summed E-state index contributed by atoms with van der Waals surface area (Å²) < 4.78 is 5.20. The highest BCUT2D eigenvalue weighted by Gasteiger charge is 2.13. The lowest BCUT2D eigenvalue weighted by atomic mass is 10.0. The topological polar surface area (TPSA) is 52.3 Å². The number of ether oxygens (including phenoxy) is 1. The summed E-state index contributed by atoms with van der Waals surface area (Å²) >= 11 is 0. The Bertz CT molecular complexity index is 399. The van der Waals surface area contributed by atoms with Crippen molar-refractivity contribution < 1.29 is 9.53 Å². The van der Waals surface area contributed by atoms with Crippen LogP contribution in [0.15, 0.2) is 12.1 Å². The highest BCUT2D eigenvalue weighted by molar-refractivity contribution is 5.96. The van der Waals surface area contributed by atoms with Crippen LogP contribution in [0.4, 0.5) is 5.69 Å². The van der Waals surface area contributed by atoms with Crippen molar-refractivity contribution >= 4 is 11.7 Å². The van der Waals surface area contributed by atoms with Crippen LogP contribution >= 0.6 is 0 Å². The predicted molar refractivity (Wildman–Crippen MR) is 70.1 cm³/mol. The molecule has 0 aromatic heterocycles. The van der Waals surface area contributed by atoms with Crippen LogP contribution in [-0.2, 0) is 4.74 Å². The van der Waals surface area contributed by atoms with E-state index in [9.17, 15) is 4.79 Å². The molecule has 0 radical (unpaired) electrons. The van der Waals surface area contributed by atoms with Crippen LogP contribution in [0.3, 0.4) is 0 Å². The van der Waals surface area contributed by atoms with Crippen LogP contribution in [0.5, 0.6) is 0 Å². The first-order valence-corrected chi connectivity index (χ1v) is 6.10. The molecule has 1 aromatic carbocycles. The fourth-order valence-corrected chi connectivity index (χ4v) is 1.74. The van der Waals surface area contributed by atoms with Gasteiger partial charge in [-0.15, -0.1) is 0 Å². The van der Waals surface area contributed by atoms with Crippen LogP contribution in [0.1, 0.15) is 47.7 Å². The van der Waals surface area contributed by atoms with Gasteiger partial charge in [-0.25, -0.2) is 4.79 Å². The Balaban J connectivity index is 2.69. The van der Waals surface area contributed by atoms with Crippen LogP contribution < -0.4 is 5.73 Å². The standard InChI is InChI=1S/C14H21NO2/c1-4-5-6-7-17-14(16)12-9-10(2)8-11(3)13(12)15/h8-9H,4-7,15H2,1-3H3. The SMILES string of the molecule is CCCCCOC(=O)c1cc(C)cc(C)c1N. The molecule has 0 bridgehead atoms. The van der Waals surface area contributed by atoms with Gasteiger partial charge in [0, 0.05) is 5.69 Å². The molecule has 1 aromatic rings. The van der Waals surface area contributed by atoms with Crippen LogP contribution in [-0.4, -0.2) is 12.6 Å². The smallest absolute Gasteiger partial charge is 0.340 e. The molecule has 0 aliphatic heterocycles. The van der Waals surface area contributed by atoms with Gasteiger partial charge >= 0.3 is 5.97 Å². The highest BCUT2D eigenvalue weighted by Crippen LogP contribution is 2.20. The van der Waals surface area contributed by atoms with Crippen molar-refractivity contribution in [3.63, 3.8) is 0 Å². The summed E-state index contributed by atoms with van der Waals surface area (Å²) in [7, 11) is 0. The van der Waals surface area contributed by atoms with Crippen molar-refractivity contribution in [3.05, 3.63) is 28.8 Å². The van der Waals surface area contributed by atoms with Crippen molar-refractivity contribution in [2.24, 2.45) is 0 Å². The third-order valence-corrected chi connectivity index (χ3v) is 2.73. The van der Waals surface area contributed by atoms with E-state index in [0.717, 1.165) is 30.4 Å². The number of aryl methyl sites for hydroxylation is 2. The summed E-state index contributed by atoms with van der Waals surface area (Å²) in [5, 5.41) is 0. The number of esters is 1. The highest BCUT2D eigenvalue weighted by atomic mass is 16.5. The van der Waals surface area contributed by atoms with E-state index in [0.29, 0.717) is 17.9 Å². The molecule has 0 fully saturated rings. The summed E-state index contributed by atoms with van der Waals surface area (Å²) in [6.07, 6.45) is 3.10. The van der Waals surface area contributed by atoms with Crippen LogP contribution in [0.2, 0.25) is 0 Å². The van der Waals surface area contributed by atoms with Gasteiger partial charge in [0.25, 0.3) is 0 Å². The van der Waals surface area contributed by atoms with Crippen molar-refractivity contribution in [3.8, 4) is 0 Å². The number of unbranched alkanes of at least 4 members (excludes halogenated alkanes) is 2. The Morgan fingerprint density at radius 1 is 1.29 bits per heavy atom. The van der Waals surface area contributed by atoms with Gasteiger partial charge in [0.15, 0.2) is 0 Å². The number of hydrogen-bond donors (Lipinski definition) is 1. The zero-order valence-electron chi connectivity index (χ0n) is 10.9. The summed E-state index contributed by atoms with van der Waals surface area (Å²) in [6, 6.07) is 3.74. The number of nitrogens with two attached hydrogens (primary N) is 1. The second kappa shape index (κ2) is 6.28. The predicted octanol–water partition coefficient (Wildman–Crippen LogP) is 3.23. The van der Waals surface area contributed by atoms with E-state index in [-0.39, 0.29) is 5.97 Å². The molecule has 17 heavy (non-hydrogen) atoms. The lowest BCUT2D eigenvalue weighted by Crippen LogP contribution is -2.10. The minimum atomic E-state index is -0.314. The van der Waals surface area contributed by atoms with Gasteiger partial charge in [0.05, 0.1) is 12.2 Å². The lowest BCUT2D eigenvalue weighted by molar-refractivity contribution is 0.0499. The first kappa shape index (κ1) is 13.6. The van der Waals surface area contributed by atoms with E-state index in [1.165, 1.54) is 0 Å². The molecule has 3 heteroatoms. The van der Waals surface area contributed by atoms with Gasteiger partial charge < -0.3 is 10.5 Å². The molecule has 3 nitrogen and oxygen atoms in total. The summed E-state index contributed by atoms with van der Waals surface area (Å²) in [6.45, 7) is 6.43. The van der Waals surface area contributed by atoms with Gasteiger partial charge in [0.2, 0.25) is 0 Å². The Morgan fingerprint density at radius 2 is 2.00 bits per heavy atom. The molecule has 0 unspecified atom stereocenters. The van der Waals surface area contributed by atoms with Crippen molar-refractivity contribution in [2.45, 2.75) is 40.0 Å². The zero-order valence-corrected chi connectivity index (χ0v) is 10.9. The maximum atomic E-state index is 11.8. The second-order valence-electron chi connectivity index (χ2n) is 4.39. The molecule has 0 atom stereocenters. The largest absolute Gasteiger partial charge is 0.462 e. The molecule has 0 saturated heterocycles. The maximum absolute atomic E-state index is 11.8. The maximum Gasteiger partial charge on any atom is 0.340 e. The molecular formula is C14H21NO2. The average Bonchev–Trinajstić information content (AvgIpc) is 2.29. The van der Waals surface area contributed by atoms with Gasteiger partial charge in [-0.3, -0.25) is 0 Å². The number of hydrogen-bond acceptors (Lipinski definition) is 3. The van der Waals surface area contributed by atoms with Crippen molar-refractivity contribution in [1.82, 2.24) is 0 Å². The Labute approximate surface area is 103 Å². The van der Waals surface area contributed by atoms with Gasteiger partial charge in [-0.2, -0.15) is 0 Å².